The van der Waals surface area contributed by atoms with Crippen LogP contribution in [0.2, 0.25) is 0 Å². The Kier molecular flexibility index (Phi) is 3.67. The van der Waals surface area contributed by atoms with Crippen molar-refractivity contribution < 1.29 is 9.18 Å². The number of aromatic nitrogens is 1. The molecular weight excluding hydrogens is 279 g/mol. The number of halogens is 1. The molecule has 0 unspecified atom stereocenters. The largest absolute Gasteiger partial charge is 0.361 e. The monoisotopic (exact) mass is 296 g/mol. The summed E-state index contributed by atoms with van der Waals surface area (Å²) in [6, 6.07) is 10.5. The third kappa shape index (κ3) is 2.86. The Morgan fingerprint density at radius 3 is 2.82 bits per heavy atom. The van der Waals surface area contributed by atoms with Gasteiger partial charge >= 0.3 is 0 Å². The first-order valence-electron chi connectivity index (χ1n) is 7.15. The van der Waals surface area contributed by atoms with Crippen molar-refractivity contribution in [2.24, 2.45) is 0 Å². The van der Waals surface area contributed by atoms with Gasteiger partial charge in [0.15, 0.2) is 0 Å². The summed E-state index contributed by atoms with van der Waals surface area (Å²) in [6.45, 7) is 3.95. The molecule has 0 bridgehead atoms. The van der Waals surface area contributed by atoms with E-state index in [4.69, 9.17) is 0 Å². The zero-order valence-electron chi connectivity index (χ0n) is 12.5. The number of anilines is 1. The van der Waals surface area contributed by atoms with Crippen LogP contribution >= 0.6 is 0 Å². The number of hydrogen-bond acceptors (Lipinski definition) is 1. The highest BCUT2D eigenvalue weighted by molar-refractivity contribution is 5.96. The maximum Gasteiger partial charge on any atom is 0.228 e. The Labute approximate surface area is 128 Å². The van der Waals surface area contributed by atoms with Crippen molar-refractivity contribution in [2.75, 3.05) is 5.32 Å². The number of nitrogens with one attached hydrogen (secondary N) is 2. The highest BCUT2D eigenvalue weighted by Gasteiger charge is 2.10. The van der Waals surface area contributed by atoms with Crippen LogP contribution in [-0.2, 0) is 11.2 Å². The first-order valence-corrected chi connectivity index (χ1v) is 7.15. The van der Waals surface area contributed by atoms with E-state index in [0.29, 0.717) is 5.52 Å². The molecule has 0 aliphatic carbocycles. The molecule has 0 aliphatic heterocycles. The van der Waals surface area contributed by atoms with Gasteiger partial charge < -0.3 is 10.3 Å². The lowest BCUT2D eigenvalue weighted by Crippen LogP contribution is -2.15. The number of carbonyl (C=O) groups excluding carboxylic acids is 1. The van der Waals surface area contributed by atoms with Gasteiger partial charge in [-0.15, -0.1) is 0 Å². The van der Waals surface area contributed by atoms with Crippen molar-refractivity contribution >= 4 is 22.5 Å². The summed E-state index contributed by atoms with van der Waals surface area (Å²) < 4.78 is 13.2. The van der Waals surface area contributed by atoms with Crippen LogP contribution in [0.25, 0.3) is 10.9 Å². The van der Waals surface area contributed by atoms with Crippen molar-refractivity contribution in [1.82, 2.24) is 4.98 Å². The predicted molar refractivity (Wildman–Crippen MR) is 86.5 cm³/mol. The van der Waals surface area contributed by atoms with Gasteiger partial charge in [0.25, 0.3) is 0 Å². The summed E-state index contributed by atoms with van der Waals surface area (Å²) in [5.41, 5.74) is 4.52. The predicted octanol–water partition coefficient (Wildman–Crippen LogP) is 4.11. The van der Waals surface area contributed by atoms with E-state index in [1.165, 1.54) is 12.1 Å². The molecule has 2 N–H and O–H groups in total. The highest BCUT2D eigenvalue weighted by atomic mass is 19.1. The number of rotatable bonds is 3. The van der Waals surface area contributed by atoms with E-state index in [0.717, 1.165) is 27.8 Å². The summed E-state index contributed by atoms with van der Waals surface area (Å²) in [4.78, 5) is 15.3. The van der Waals surface area contributed by atoms with Gasteiger partial charge in [0.2, 0.25) is 5.91 Å². The van der Waals surface area contributed by atoms with E-state index < -0.39 is 0 Å². The standard InChI is InChI=1S/C18H17FN2O/c1-11-3-4-12(2)16(7-11)21-18(22)8-13-10-20-17-9-14(19)5-6-15(13)17/h3-7,9-10,20H,8H2,1-2H3,(H,21,22). The van der Waals surface area contributed by atoms with Crippen LogP contribution in [0.3, 0.4) is 0 Å². The molecule has 0 radical (unpaired) electrons. The molecule has 3 aromatic rings. The normalized spacial score (nSPS) is 10.9. The van der Waals surface area contributed by atoms with Crippen LogP contribution in [0.4, 0.5) is 10.1 Å². The molecule has 22 heavy (non-hydrogen) atoms. The second kappa shape index (κ2) is 5.64. The molecule has 0 saturated heterocycles. The number of aryl methyl sites for hydroxylation is 2. The minimum atomic E-state index is -0.291. The molecular formula is C18H17FN2O. The molecule has 0 spiro atoms. The molecule has 4 heteroatoms. The lowest BCUT2D eigenvalue weighted by Gasteiger charge is -2.09. The zero-order valence-corrected chi connectivity index (χ0v) is 12.5. The number of hydrogen-bond donors (Lipinski definition) is 2. The van der Waals surface area contributed by atoms with Crippen molar-refractivity contribution in [3.63, 3.8) is 0 Å². The van der Waals surface area contributed by atoms with E-state index in [-0.39, 0.29) is 18.1 Å². The Hall–Kier alpha value is -2.62. The van der Waals surface area contributed by atoms with E-state index >= 15 is 0 Å². The first kappa shape index (κ1) is 14.3. The van der Waals surface area contributed by atoms with E-state index in [1.807, 2.05) is 32.0 Å². The van der Waals surface area contributed by atoms with Crippen LogP contribution in [0, 0.1) is 19.7 Å². The molecule has 0 fully saturated rings. The fraction of sp³-hybridized carbons (Fsp3) is 0.167. The highest BCUT2D eigenvalue weighted by Crippen LogP contribution is 2.21. The molecule has 0 saturated carbocycles. The summed E-state index contributed by atoms with van der Waals surface area (Å²) in [5.74, 6) is -0.375. The number of fused-ring (bicyclic) bond motifs is 1. The summed E-state index contributed by atoms with van der Waals surface area (Å²) >= 11 is 0. The van der Waals surface area contributed by atoms with E-state index in [2.05, 4.69) is 10.3 Å². The minimum Gasteiger partial charge on any atom is -0.361 e. The lowest BCUT2D eigenvalue weighted by atomic mass is 10.1. The molecule has 0 atom stereocenters. The molecule has 1 heterocycles. The Morgan fingerprint density at radius 1 is 1.18 bits per heavy atom. The van der Waals surface area contributed by atoms with Gasteiger partial charge in [0.05, 0.1) is 6.42 Å². The van der Waals surface area contributed by atoms with Gasteiger partial charge in [0.1, 0.15) is 5.82 Å². The number of carbonyl (C=O) groups is 1. The molecule has 3 nitrogen and oxygen atoms in total. The molecule has 0 aliphatic rings. The molecule has 1 aromatic heterocycles. The number of benzene rings is 2. The molecule has 112 valence electrons. The number of H-pyrrole nitrogens is 1. The zero-order chi connectivity index (χ0) is 15.7. The topological polar surface area (TPSA) is 44.9 Å². The van der Waals surface area contributed by atoms with Gasteiger partial charge in [-0.3, -0.25) is 4.79 Å². The average molecular weight is 296 g/mol. The SMILES string of the molecule is Cc1ccc(C)c(NC(=O)Cc2c[nH]c3cc(F)ccc23)c1. The summed E-state index contributed by atoms with van der Waals surface area (Å²) in [7, 11) is 0. The number of aromatic amines is 1. The maximum absolute atomic E-state index is 13.2. The van der Waals surface area contributed by atoms with E-state index in [1.54, 1.807) is 12.3 Å². The van der Waals surface area contributed by atoms with Gasteiger partial charge in [0, 0.05) is 22.8 Å². The fourth-order valence-electron chi connectivity index (χ4n) is 2.54. The van der Waals surface area contributed by atoms with Crippen molar-refractivity contribution in [3.05, 3.63) is 65.1 Å². The van der Waals surface area contributed by atoms with Crippen LogP contribution < -0.4 is 5.32 Å². The maximum atomic E-state index is 13.2. The average Bonchev–Trinajstić information content (AvgIpc) is 2.85. The van der Waals surface area contributed by atoms with Crippen LogP contribution in [0.1, 0.15) is 16.7 Å². The van der Waals surface area contributed by atoms with Crippen molar-refractivity contribution in [2.45, 2.75) is 20.3 Å². The summed E-state index contributed by atoms with van der Waals surface area (Å²) in [5, 5.41) is 3.81. The van der Waals surface area contributed by atoms with E-state index in [9.17, 15) is 9.18 Å². The third-order valence-electron chi connectivity index (χ3n) is 3.75. The Morgan fingerprint density at radius 2 is 2.00 bits per heavy atom. The van der Waals surface area contributed by atoms with Gasteiger partial charge in [-0.25, -0.2) is 4.39 Å². The fourth-order valence-corrected chi connectivity index (χ4v) is 2.54. The minimum absolute atomic E-state index is 0.0843. The quantitative estimate of drug-likeness (QED) is 0.750. The van der Waals surface area contributed by atoms with Crippen LogP contribution in [-0.4, -0.2) is 10.9 Å². The second-order valence-corrected chi connectivity index (χ2v) is 5.55. The van der Waals surface area contributed by atoms with Gasteiger partial charge in [-0.2, -0.15) is 0 Å². The second-order valence-electron chi connectivity index (χ2n) is 5.55. The lowest BCUT2D eigenvalue weighted by molar-refractivity contribution is -0.115. The Balaban J connectivity index is 1.80. The molecule has 1 amide bonds. The van der Waals surface area contributed by atoms with Gasteiger partial charge in [-0.1, -0.05) is 12.1 Å². The van der Waals surface area contributed by atoms with Gasteiger partial charge in [-0.05, 0) is 54.8 Å². The Bertz CT molecular complexity index is 851. The third-order valence-corrected chi connectivity index (χ3v) is 3.75. The number of amides is 1. The van der Waals surface area contributed by atoms with Crippen molar-refractivity contribution in [3.8, 4) is 0 Å². The van der Waals surface area contributed by atoms with Crippen molar-refractivity contribution in [1.29, 1.82) is 0 Å². The first-order chi connectivity index (χ1) is 10.5. The summed E-state index contributed by atoms with van der Waals surface area (Å²) in [6.07, 6.45) is 2.01. The van der Waals surface area contributed by atoms with Crippen LogP contribution in [0.5, 0.6) is 0 Å². The molecule has 2 aromatic carbocycles. The smallest absolute Gasteiger partial charge is 0.228 e. The van der Waals surface area contributed by atoms with Crippen LogP contribution in [0.15, 0.2) is 42.6 Å². The molecule has 3 rings (SSSR count).